The molecule has 0 bridgehead atoms. The highest BCUT2D eigenvalue weighted by molar-refractivity contribution is 7.98. The van der Waals surface area contributed by atoms with E-state index < -0.39 is 0 Å². The first-order chi connectivity index (χ1) is 8.60. The molecule has 0 radical (unpaired) electrons. The van der Waals surface area contributed by atoms with Gasteiger partial charge in [-0.25, -0.2) is 9.97 Å². The maximum absolute atomic E-state index is 11.2. The quantitative estimate of drug-likeness (QED) is 0.588. The summed E-state index contributed by atoms with van der Waals surface area (Å²) in [6.07, 6.45) is 2.38. The number of amides is 1. The maximum Gasteiger partial charge on any atom is 0.221 e. The maximum atomic E-state index is 11.2. The number of anilines is 2. The number of nitrogens with one attached hydrogen (secondary N) is 2. The van der Waals surface area contributed by atoms with Crippen molar-refractivity contribution in [3.05, 3.63) is 6.07 Å². The van der Waals surface area contributed by atoms with E-state index in [2.05, 4.69) is 20.6 Å². The summed E-state index contributed by atoms with van der Waals surface area (Å²) in [5, 5.41) is 6.32. The fraction of sp³-hybridized carbons (Fsp3) is 0.545. The molecule has 18 heavy (non-hydrogen) atoms. The summed E-state index contributed by atoms with van der Waals surface area (Å²) in [7, 11) is 5.37. The second kappa shape index (κ2) is 7.05. The molecule has 100 valence electrons. The van der Waals surface area contributed by atoms with Gasteiger partial charge in [0, 0.05) is 40.2 Å². The van der Waals surface area contributed by atoms with Gasteiger partial charge in [0.25, 0.3) is 0 Å². The van der Waals surface area contributed by atoms with Gasteiger partial charge in [-0.2, -0.15) is 0 Å². The van der Waals surface area contributed by atoms with Crippen LogP contribution >= 0.6 is 11.8 Å². The average molecular weight is 269 g/mol. The smallest absolute Gasteiger partial charge is 0.221 e. The Morgan fingerprint density at radius 2 is 2.17 bits per heavy atom. The molecule has 0 fully saturated rings. The van der Waals surface area contributed by atoms with Gasteiger partial charge < -0.3 is 15.5 Å². The zero-order valence-corrected chi connectivity index (χ0v) is 12.0. The van der Waals surface area contributed by atoms with Gasteiger partial charge in [-0.3, -0.25) is 4.79 Å². The molecular formula is C11H19N5OS. The first-order valence-corrected chi connectivity index (χ1v) is 6.85. The number of hydrogen-bond donors (Lipinski definition) is 2. The summed E-state index contributed by atoms with van der Waals surface area (Å²) in [6.45, 7) is 0.619. The highest BCUT2D eigenvalue weighted by Crippen LogP contribution is 2.19. The molecule has 0 aliphatic carbocycles. The molecule has 1 rings (SSSR count). The molecule has 1 aromatic rings. The summed E-state index contributed by atoms with van der Waals surface area (Å²) in [5.41, 5.74) is 0. The van der Waals surface area contributed by atoms with Crippen LogP contribution in [0.1, 0.15) is 6.42 Å². The number of rotatable bonds is 6. The van der Waals surface area contributed by atoms with Gasteiger partial charge in [-0.05, 0) is 6.26 Å². The van der Waals surface area contributed by atoms with Crippen LogP contribution in [0, 0.1) is 0 Å². The molecule has 0 unspecified atom stereocenters. The average Bonchev–Trinajstić information content (AvgIpc) is 2.43. The molecule has 0 spiro atoms. The monoisotopic (exact) mass is 269 g/mol. The highest BCUT2D eigenvalue weighted by Gasteiger charge is 2.09. The van der Waals surface area contributed by atoms with Crippen molar-refractivity contribution in [3.8, 4) is 0 Å². The third-order valence-corrected chi connectivity index (χ3v) is 3.02. The summed E-state index contributed by atoms with van der Waals surface area (Å²) in [5.74, 6) is 1.61. The van der Waals surface area contributed by atoms with Crippen molar-refractivity contribution in [2.45, 2.75) is 11.6 Å². The zero-order chi connectivity index (χ0) is 13.5. The Hall–Kier alpha value is -1.50. The van der Waals surface area contributed by atoms with Crippen LogP contribution < -0.4 is 15.5 Å². The Bertz CT molecular complexity index is 390. The molecule has 1 amide bonds. The minimum atomic E-state index is 0.0230. The number of hydrogen-bond acceptors (Lipinski definition) is 6. The third kappa shape index (κ3) is 4.06. The fourth-order valence-corrected chi connectivity index (χ4v) is 1.71. The number of carbonyl (C=O) groups excluding carboxylic acids is 1. The Morgan fingerprint density at radius 3 is 2.72 bits per heavy atom. The molecule has 0 aliphatic heterocycles. The highest BCUT2D eigenvalue weighted by atomic mass is 32.2. The van der Waals surface area contributed by atoms with Crippen molar-refractivity contribution >= 4 is 29.3 Å². The molecule has 0 aliphatic rings. The van der Waals surface area contributed by atoms with E-state index in [4.69, 9.17) is 0 Å². The summed E-state index contributed by atoms with van der Waals surface area (Å²) >= 11 is 1.49. The van der Waals surface area contributed by atoms with Crippen LogP contribution in [0.15, 0.2) is 11.2 Å². The molecule has 0 atom stereocenters. The van der Waals surface area contributed by atoms with Crippen LogP contribution in [0.25, 0.3) is 0 Å². The van der Waals surface area contributed by atoms with E-state index in [9.17, 15) is 4.79 Å². The lowest BCUT2D eigenvalue weighted by atomic mass is 10.3. The minimum absolute atomic E-state index is 0.0230. The molecular weight excluding hydrogens is 250 g/mol. The van der Waals surface area contributed by atoms with Crippen molar-refractivity contribution in [1.82, 2.24) is 15.3 Å². The largest absolute Gasteiger partial charge is 0.373 e. The number of aromatic nitrogens is 2. The molecule has 0 aromatic carbocycles. The van der Waals surface area contributed by atoms with Crippen LogP contribution in [-0.4, -0.2) is 49.8 Å². The van der Waals surface area contributed by atoms with Crippen molar-refractivity contribution < 1.29 is 4.79 Å². The van der Waals surface area contributed by atoms with Crippen molar-refractivity contribution in [1.29, 1.82) is 0 Å². The summed E-state index contributed by atoms with van der Waals surface area (Å²) < 4.78 is 0. The van der Waals surface area contributed by atoms with Gasteiger partial charge in [0.1, 0.15) is 11.6 Å². The second-order valence-electron chi connectivity index (χ2n) is 3.69. The van der Waals surface area contributed by atoms with Crippen LogP contribution in [0.2, 0.25) is 0 Å². The fourth-order valence-electron chi connectivity index (χ4n) is 1.34. The molecule has 0 saturated heterocycles. The van der Waals surface area contributed by atoms with Gasteiger partial charge in [0.15, 0.2) is 5.16 Å². The van der Waals surface area contributed by atoms with E-state index in [-0.39, 0.29) is 5.91 Å². The lowest BCUT2D eigenvalue weighted by Crippen LogP contribution is -2.27. The first-order valence-electron chi connectivity index (χ1n) is 5.63. The normalized spacial score (nSPS) is 10.0. The Labute approximate surface area is 112 Å². The summed E-state index contributed by atoms with van der Waals surface area (Å²) in [6, 6.07) is 1.86. The molecule has 1 aromatic heterocycles. The predicted octanol–water partition coefficient (Wildman–Crippen LogP) is 0.812. The van der Waals surface area contributed by atoms with Gasteiger partial charge >= 0.3 is 0 Å². The zero-order valence-electron chi connectivity index (χ0n) is 11.1. The van der Waals surface area contributed by atoms with E-state index in [1.165, 1.54) is 11.8 Å². The summed E-state index contributed by atoms with van der Waals surface area (Å²) in [4.78, 5) is 21.9. The van der Waals surface area contributed by atoms with Gasteiger partial charge in [-0.1, -0.05) is 11.8 Å². The van der Waals surface area contributed by atoms with Crippen molar-refractivity contribution in [2.24, 2.45) is 0 Å². The Balaban J connectivity index is 2.77. The SMILES string of the molecule is CNC(=O)CCN(C)c1cc(NC)nc(SC)n1. The van der Waals surface area contributed by atoms with Crippen LogP contribution in [0.5, 0.6) is 0 Å². The number of thioether (sulfide) groups is 1. The molecule has 6 nitrogen and oxygen atoms in total. The topological polar surface area (TPSA) is 70.2 Å². The van der Waals surface area contributed by atoms with Gasteiger partial charge in [0.05, 0.1) is 0 Å². The number of carbonyl (C=O) groups is 1. The van der Waals surface area contributed by atoms with E-state index >= 15 is 0 Å². The van der Waals surface area contributed by atoms with Crippen LogP contribution in [-0.2, 0) is 4.79 Å². The second-order valence-corrected chi connectivity index (χ2v) is 4.47. The number of nitrogens with zero attached hydrogens (tertiary/aromatic N) is 3. The first kappa shape index (κ1) is 14.6. The standard InChI is InChI=1S/C11H19N5OS/c1-12-8-7-9(15-11(14-8)18-4)16(3)6-5-10(17)13-2/h7H,5-6H2,1-4H3,(H,13,17)(H,12,14,15). The minimum Gasteiger partial charge on any atom is -0.373 e. The van der Waals surface area contributed by atoms with Crippen molar-refractivity contribution in [2.75, 3.05) is 44.2 Å². The van der Waals surface area contributed by atoms with E-state index in [1.54, 1.807) is 7.05 Å². The molecule has 2 N–H and O–H groups in total. The molecule has 1 heterocycles. The van der Waals surface area contributed by atoms with Crippen molar-refractivity contribution in [3.63, 3.8) is 0 Å². The van der Waals surface area contributed by atoms with E-state index in [0.717, 1.165) is 11.6 Å². The van der Waals surface area contributed by atoms with E-state index in [0.29, 0.717) is 18.1 Å². The lowest BCUT2D eigenvalue weighted by Gasteiger charge is -2.18. The van der Waals surface area contributed by atoms with E-state index in [1.807, 2.05) is 31.3 Å². The van der Waals surface area contributed by atoms with Gasteiger partial charge in [-0.15, -0.1) is 0 Å². The van der Waals surface area contributed by atoms with Gasteiger partial charge in [0.2, 0.25) is 5.91 Å². The Kier molecular flexibility index (Phi) is 5.70. The molecule has 7 heteroatoms. The predicted molar refractivity (Wildman–Crippen MR) is 75.3 cm³/mol. The van der Waals surface area contributed by atoms with Crippen LogP contribution in [0.3, 0.4) is 0 Å². The Morgan fingerprint density at radius 1 is 1.44 bits per heavy atom. The molecule has 0 saturated carbocycles. The lowest BCUT2D eigenvalue weighted by molar-refractivity contribution is -0.120. The van der Waals surface area contributed by atoms with Crippen LogP contribution in [0.4, 0.5) is 11.6 Å². The third-order valence-electron chi connectivity index (χ3n) is 2.48.